The van der Waals surface area contributed by atoms with Gasteiger partial charge in [-0.3, -0.25) is 9.36 Å². The van der Waals surface area contributed by atoms with E-state index in [2.05, 4.69) is 15.3 Å². The molecule has 2 aromatic heterocycles. The van der Waals surface area contributed by atoms with E-state index < -0.39 is 0 Å². The van der Waals surface area contributed by atoms with Gasteiger partial charge in [0.2, 0.25) is 5.95 Å². The fourth-order valence-corrected chi connectivity index (χ4v) is 4.61. The molecule has 3 atom stereocenters. The SMILES string of the molecule is O=c1ccc2cnc(Nc3ccc(F)cc3)nc2n1C1CC2CCC1C2. The third kappa shape index (κ3) is 2.57. The molecule has 2 heterocycles. The molecule has 2 saturated carbocycles. The highest BCUT2D eigenvalue weighted by Crippen LogP contribution is 2.50. The topological polar surface area (TPSA) is 59.8 Å². The second kappa shape index (κ2) is 5.90. The minimum atomic E-state index is -0.292. The van der Waals surface area contributed by atoms with Crippen LogP contribution in [0, 0.1) is 17.7 Å². The maximum absolute atomic E-state index is 13.1. The molecular weight excluding hydrogens is 331 g/mol. The van der Waals surface area contributed by atoms with Gasteiger partial charge >= 0.3 is 0 Å². The summed E-state index contributed by atoms with van der Waals surface area (Å²) < 4.78 is 15.0. The first kappa shape index (κ1) is 15.5. The molecule has 26 heavy (non-hydrogen) atoms. The molecule has 6 heteroatoms. The number of benzene rings is 1. The van der Waals surface area contributed by atoms with Gasteiger partial charge < -0.3 is 5.32 Å². The lowest BCUT2D eigenvalue weighted by atomic mass is 9.95. The predicted octanol–water partition coefficient (Wildman–Crippen LogP) is 4.04. The summed E-state index contributed by atoms with van der Waals surface area (Å²) in [6.07, 6.45) is 6.50. The van der Waals surface area contributed by atoms with Gasteiger partial charge in [-0.25, -0.2) is 9.37 Å². The molecule has 0 radical (unpaired) electrons. The van der Waals surface area contributed by atoms with Gasteiger partial charge in [0.1, 0.15) is 11.5 Å². The van der Waals surface area contributed by atoms with Crippen molar-refractivity contribution in [2.24, 2.45) is 11.8 Å². The lowest BCUT2D eigenvalue weighted by Gasteiger charge is -2.25. The Morgan fingerprint density at radius 1 is 1.08 bits per heavy atom. The van der Waals surface area contributed by atoms with Crippen LogP contribution in [0.1, 0.15) is 31.7 Å². The number of hydrogen-bond donors (Lipinski definition) is 1. The number of aromatic nitrogens is 3. The highest BCUT2D eigenvalue weighted by Gasteiger charge is 2.41. The van der Waals surface area contributed by atoms with Crippen molar-refractivity contribution in [3.05, 3.63) is 58.8 Å². The van der Waals surface area contributed by atoms with Crippen LogP contribution in [0.15, 0.2) is 47.4 Å². The van der Waals surface area contributed by atoms with Crippen LogP contribution in [0.5, 0.6) is 0 Å². The standard InChI is InChI=1S/C20H19FN4O/c21-15-4-6-16(7-5-15)23-20-22-11-14-3-8-18(26)25(19(14)24-20)17-10-12-1-2-13(17)9-12/h3-8,11-13,17H,1-2,9-10H2,(H,22,23,24). The van der Waals surface area contributed by atoms with Crippen molar-refractivity contribution in [2.75, 3.05) is 5.32 Å². The van der Waals surface area contributed by atoms with E-state index in [4.69, 9.17) is 0 Å². The molecule has 2 aliphatic carbocycles. The van der Waals surface area contributed by atoms with E-state index in [1.807, 2.05) is 4.57 Å². The number of hydrogen-bond acceptors (Lipinski definition) is 4. The maximum atomic E-state index is 13.1. The molecule has 0 aliphatic heterocycles. The highest BCUT2D eigenvalue weighted by molar-refractivity contribution is 5.75. The first-order valence-corrected chi connectivity index (χ1v) is 9.08. The molecule has 1 N–H and O–H groups in total. The van der Waals surface area contributed by atoms with Crippen LogP contribution in [0.3, 0.4) is 0 Å². The van der Waals surface area contributed by atoms with Gasteiger partial charge in [-0.05, 0) is 61.4 Å². The molecule has 5 nitrogen and oxygen atoms in total. The summed E-state index contributed by atoms with van der Waals surface area (Å²) in [5.41, 5.74) is 1.38. The van der Waals surface area contributed by atoms with Gasteiger partial charge in [0, 0.05) is 29.4 Å². The number of halogens is 1. The van der Waals surface area contributed by atoms with Crippen LogP contribution in [0.25, 0.3) is 11.0 Å². The molecule has 2 bridgehead atoms. The van der Waals surface area contributed by atoms with Crippen molar-refractivity contribution >= 4 is 22.7 Å². The van der Waals surface area contributed by atoms with Crippen molar-refractivity contribution in [3.8, 4) is 0 Å². The molecule has 0 amide bonds. The minimum absolute atomic E-state index is 0.00137. The summed E-state index contributed by atoms with van der Waals surface area (Å²) >= 11 is 0. The number of nitrogens with one attached hydrogen (secondary N) is 1. The quantitative estimate of drug-likeness (QED) is 0.775. The van der Waals surface area contributed by atoms with Crippen LogP contribution < -0.4 is 10.9 Å². The van der Waals surface area contributed by atoms with Crippen molar-refractivity contribution in [2.45, 2.75) is 31.7 Å². The normalized spacial score (nSPS) is 24.3. The fraction of sp³-hybridized carbons (Fsp3) is 0.350. The number of pyridine rings is 1. The van der Waals surface area contributed by atoms with E-state index in [1.165, 1.54) is 31.4 Å². The van der Waals surface area contributed by atoms with Gasteiger partial charge in [0.15, 0.2) is 0 Å². The van der Waals surface area contributed by atoms with E-state index in [1.54, 1.807) is 30.5 Å². The lowest BCUT2D eigenvalue weighted by Crippen LogP contribution is -2.28. The number of rotatable bonds is 3. The minimum Gasteiger partial charge on any atom is -0.324 e. The average molecular weight is 350 g/mol. The van der Waals surface area contributed by atoms with E-state index in [0.29, 0.717) is 23.2 Å². The lowest BCUT2D eigenvalue weighted by molar-refractivity contribution is 0.329. The molecular formula is C20H19FN4O. The van der Waals surface area contributed by atoms with Crippen molar-refractivity contribution in [1.82, 2.24) is 14.5 Å². The Morgan fingerprint density at radius 3 is 2.65 bits per heavy atom. The van der Waals surface area contributed by atoms with E-state index in [-0.39, 0.29) is 17.4 Å². The summed E-state index contributed by atoms with van der Waals surface area (Å²) in [6, 6.07) is 9.67. The van der Waals surface area contributed by atoms with Crippen LogP contribution >= 0.6 is 0 Å². The molecule has 0 saturated heterocycles. The second-order valence-corrected chi connectivity index (χ2v) is 7.39. The zero-order chi connectivity index (χ0) is 17.7. The Hall–Kier alpha value is -2.76. The van der Waals surface area contributed by atoms with Gasteiger partial charge in [-0.1, -0.05) is 6.42 Å². The Balaban J connectivity index is 1.57. The predicted molar refractivity (Wildman–Crippen MR) is 98.0 cm³/mol. The Labute approximate surface area is 149 Å². The summed E-state index contributed by atoms with van der Waals surface area (Å²) in [4.78, 5) is 21.6. The molecule has 3 unspecified atom stereocenters. The Kier molecular flexibility index (Phi) is 3.51. The maximum Gasteiger partial charge on any atom is 0.252 e. The fourth-order valence-electron chi connectivity index (χ4n) is 4.61. The largest absolute Gasteiger partial charge is 0.324 e. The van der Waals surface area contributed by atoms with Crippen molar-refractivity contribution < 1.29 is 4.39 Å². The van der Waals surface area contributed by atoms with Gasteiger partial charge in [-0.15, -0.1) is 0 Å². The first-order chi connectivity index (χ1) is 12.7. The third-order valence-corrected chi connectivity index (χ3v) is 5.80. The average Bonchev–Trinajstić information content (AvgIpc) is 3.27. The van der Waals surface area contributed by atoms with Crippen LogP contribution in [0.4, 0.5) is 16.0 Å². The van der Waals surface area contributed by atoms with E-state index in [9.17, 15) is 9.18 Å². The number of anilines is 2. The molecule has 5 rings (SSSR count). The number of fused-ring (bicyclic) bond motifs is 3. The zero-order valence-electron chi connectivity index (χ0n) is 14.2. The van der Waals surface area contributed by atoms with E-state index >= 15 is 0 Å². The van der Waals surface area contributed by atoms with Gasteiger partial charge in [-0.2, -0.15) is 4.98 Å². The molecule has 1 aromatic carbocycles. The van der Waals surface area contributed by atoms with E-state index in [0.717, 1.165) is 17.7 Å². The molecule has 3 aromatic rings. The van der Waals surface area contributed by atoms with Crippen LogP contribution in [0.2, 0.25) is 0 Å². The summed E-state index contributed by atoms with van der Waals surface area (Å²) in [5, 5.41) is 3.95. The first-order valence-electron chi connectivity index (χ1n) is 9.08. The van der Waals surface area contributed by atoms with Gasteiger partial charge in [0.05, 0.1) is 0 Å². The summed E-state index contributed by atoms with van der Waals surface area (Å²) in [6.45, 7) is 0. The molecule has 2 fully saturated rings. The third-order valence-electron chi connectivity index (χ3n) is 5.80. The molecule has 2 aliphatic rings. The smallest absolute Gasteiger partial charge is 0.252 e. The zero-order valence-corrected chi connectivity index (χ0v) is 14.2. The number of nitrogens with zero attached hydrogens (tertiary/aromatic N) is 3. The Morgan fingerprint density at radius 2 is 1.92 bits per heavy atom. The molecule has 132 valence electrons. The van der Waals surface area contributed by atoms with Crippen molar-refractivity contribution in [3.63, 3.8) is 0 Å². The van der Waals surface area contributed by atoms with Crippen LogP contribution in [-0.2, 0) is 0 Å². The summed E-state index contributed by atoms with van der Waals surface area (Å²) in [5.74, 6) is 1.43. The summed E-state index contributed by atoms with van der Waals surface area (Å²) in [7, 11) is 0. The second-order valence-electron chi connectivity index (χ2n) is 7.39. The van der Waals surface area contributed by atoms with Crippen molar-refractivity contribution in [1.29, 1.82) is 0 Å². The Bertz CT molecular complexity index is 1030. The molecule has 0 spiro atoms. The monoisotopic (exact) mass is 350 g/mol. The highest BCUT2D eigenvalue weighted by atomic mass is 19.1. The van der Waals surface area contributed by atoms with Gasteiger partial charge in [0.25, 0.3) is 5.56 Å². The van der Waals surface area contributed by atoms with Crippen LogP contribution in [-0.4, -0.2) is 14.5 Å².